The van der Waals surface area contributed by atoms with E-state index >= 15 is 0 Å². The summed E-state index contributed by atoms with van der Waals surface area (Å²) in [4.78, 5) is 0. The van der Waals surface area contributed by atoms with Crippen molar-refractivity contribution in [2.45, 2.75) is 25.5 Å². The summed E-state index contributed by atoms with van der Waals surface area (Å²) in [6.45, 7) is 4.36. The Bertz CT molecular complexity index is 354. The fraction of sp³-hybridized carbons (Fsp3) is 0.538. The van der Waals surface area contributed by atoms with Gasteiger partial charge in [0.25, 0.3) is 0 Å². The maximum Gasteiger partial charge on any atom is 0.119 e. The predicted octanol–water partition coefficient (Wildman–Crippen LogP) is 1.55. The second kappa shape index (κ2) is 7.09. The molecule has 0 aromatic heterocycles. The molecule has 1 rings (SSSR count). The normalized spacial score (nSPS) is 13.4. The summed E-state index contributed by atoms with van der Waals surface area (Å²) >= 11 is 3.34. The first-order chi connectivity index (χ1) is 8.43. The van der Waals surface area contributed by atoms with Crippen LogP contribution in [0.25, 0.3) is 0 Å². The Labute approximate surface area is 116 Å². The Morgan fingerprint density at radius 3 is 2.50 bits per heavy atom. The van der Waals surface area contributed by atoms with Crippen molar-refractivity contribution < 1.29 is 14.9 Å². The van der Waals surface area contributed by atoms with Crippen LogP contribution in [0.2, 0.25) is 0 Å². The lowest BCUT2D eigenvalue weighted by Crippen LogP contribution is -2.47. The van der Waals surface area contributed by atoms with E-state index in [1.54, 1.807) is 0 Å². The fourth-order valence-electron chi connectivity index (χ4n) is 1.23. The first-order valence-electron chi connectivity index (χ1n) is 5.85. The molecule has 102 valence electrons. The Kier molecular flexibility index (Phi) is 6.08. The molecular formula is C13H20BrNO3. The molecule has 1 aromatic rings. The Hall–Kier alpha value is -0.620. The average molecular weight is 318 g/mol. The molecule has 0 radical (unpaired) electrons. The monoisotopic (exact) mass is 317 g/mol. The number of hydrogen-bond acceptors (Lipinski definition) is 4. The highest BCUT2D eigenvalue weighted by Crippen LogP contribution is 2.16. The van der Waals surface area contributed by atoms with E-state index in [1.165, 1.54) is 0 Å². The average Bonchev–Trinajstić information content (AvgIpc) is 2.36. The molecule has 18 heavy (non-hydrogen) atoms. The molecule has 5 heteroatoms. The second-order valence-corrected chi connectivity index (χ2v) is 5.76. The molecule has 0 aliphatic rings. The number of aliphatic hydroxyl groups is 2. The highest BCUT2D eigenvalue weighted by atomic mass is 79.9. The van der Waals surface area contributed by atoms with Crippen LogP contribution in [-0.4, -0.2) is 41.6 Å². The van der Waals surface area contributed by atoms with Crippen molar-refractivity contribution in [3.63, 3.8) is 0 Å². The van der Waals surface area contributed by atoms with E-state index in [2.05, 4.69) is 21.2 Å². The van der Waals surface area contributed by atoms with Crippen molar-refractivity contribution in [3.05, 3.63) is 28.7 Å². The van der Waals surface area contributed by atoms with Crippen LogP contribution in [0, 0.1) is 0 Å². The van der Waals surface area contributed by atoms with Crippen molar-refractivity contribution in [3.8, 4) is 5.75 Å². The van der Waals surface area contributed by atoms with Gasteiger partial charge in [-0.05, 0) is 38.1 Å². The van der Waals surface area contributed by atoms with Crippen LogP contribution >= 0.6 is 15.9 Å². The van der Waals surface area contributed by atoms with Gasteiger partial charge in [0, 0.05) is 16.6 Å². The van der Waals surface area contributed by atoms with Crippen LogP contribution in [0.3, 0.4) is 0 Å². The van der Waals surface area contributed by atoms with Crippen LogP contribution in [0.5, 0.6) is 5.75 Å². The minimum Gasteiger partial charge on any atom is -0.491 e. The van der Waals surface area contributed by atoms with E-state index in [0.717, 1.165) is 10.2 Å². The van der Waals surface area contributed by atoms with E-state index in [0.29, 0.717) is 6.54 Å². The summed E-state index contributed by atoms with van der Waals surface area (Å²) in [6.07, 6.45) is -0.612. The molecule has 0 spiro atoms. The van der Waals surface area contributed by atoms with E-state index in [1.807, 2.05) is 38.1 Å². The third-order valence-corrected chi connectivity index (χ3v) is 3.00. The number of hydrogen-bond donors (Lipinski definition) is 3. The summed E-state index contributed by atoms with van der Waals surface area (Å²) in [5, 5.41) is 21.9. The summed E-state index contributed by atoms with van der Waals surface area (Å²) in [6, 6.07) is 7.44. The Balaban J connectivity index is 2.29. The molecule has 0 saturated carbocycles. The van der Waals surface area contributed by atoms with Gasteiger partial charge in [-0.2, -0.15) is 0 Å². The summed E-state index contributed by atoms with van der Waals surface area (Å²) in [5.41, 5.74) is -0.390. The van der Waals surface area contributed by atoms with E-state index < -0.39 is 11.6 Å². The Morgan fingerprint density at radius 2 is 1.94 bits per heavy atom. The molecule has 0 aliphatic carbocycles. The van der Waals surface area contributed by atoms with Crippen LogP contribution in [0.15, 0.2) is 28.7 Å². The van der Waals surface area contributed by atoms with Gasteiger partial charge in [0.2, 0.25) is 0 Å². The highest BCUT2D eigenvalue weighted by Gasteiger charge is 2.17. The van der Waals surface area contributed by atoms with E-state index in [9.17, 15) is 5.11 Å². The molecule has 1 atom stereocenters. The lowest BCUT2D eigenvalue weighted by molar-refractivity contribution is 0.0906. The van der Waals surface area contributed by atoms with E-state index in [4.69, 9.17) is 9.84 Å². The molecule has 0 heterocycles. The molecular weight excluding hydrogens is 298 g/mol. The van der Waals surface area contributed by atoms with Gasteiger partial charge in [-0.3, -0.25) is 0 Å². The molecule has 0 unspecified atom stereocenters. The molecule has 0 bridgehead atoms. The van der Waals surface area contributed by atoms with Crippen molar-refractivity contribution in [2.24, 2.45) is 0 Å². The fourth-order valence-corrected chi connectivity index (χ4v) is 1.50. The standard InChI is InChI=1S/C13H20BrNO3/c1-13(2,9-16)15-7-11(17)8-18-12-5-3-10(14)4-6-12/h3-6,11,15-17H,7-9H2,1-2H3/t11-/m0/s1. The third-order valence-electron chi connectivity index (χ3n) is 2.47. The number of benzene rings is 1. The topological polar surface area (TPSA) is 61.7 Å². The number of nitrogens with one attached hydrogen (secondary N) is 1. The van der Waals surface area contributed by atoms with Gasteiger partial charge >= 0.3 is 0 Å². The predicted molar refractivity (Wildman–Crippen MR) is 74.8 cm³/mol. The smallest absolute Gasteiger partial charge is 0.119 e. The van der Waals surface area contributed by atoms with Crippen molar-refractivity contribution in [2.75, 3.05) is 19.8 Å². The maximum absolute atomic E-state index is 9.75. The van der Waals surface area contributed by atoms with Gasteiger partial charge < -0.3 is 20.3 Å². The van der Waals surface area contributed by atoms with Crippen LogP contribution in [0.4, 0.5) is 0 Å². The lowest BCUT2D eigenvalue weighted by atomic mass is 10.1. The van der Waals surface area contributed by atoms with Crippen LogP contribution < -0.4 is 10.1 Å². The third kappa shape index (κ3) is 5.82. The first-order valence-corrected chi connectivity index (χ1v) is 6.64. The SMILES string of the molecule is CC(C)(CO)NC[C@H](O)COc1ccc(Br)cc1. The highest BCUT2D eigenvalue weighted by molar-refractivity contribution is 9.10. The number of halogens is 1. The van der Waals surface area contributed by atoms with Gasteiger partial charge in [0.1, 0.15) is 18.5 Å². The minimum atomic E-state index is -0.612. The molecule has 0 amide bonds. The van der Waals surface area contributed by atoms with Gasteiger partial charge in [0.15, 0.2) is 0 Å². The van der Waals surface area contributed by atoms with Gasteiger partial charge in [-0.15, -0.1) is 0 Å². The number of rotatable bonds is 7. The molecule has 0 fully saturated rings. The van der Waals surface area contributed by atoms with Crippen molar-refractivity contribution >= 4 is 15.9 Å². The minimum absolute atomic E-state index is 0.0211. The second-order valence-electron chi connectivity index (χ2n) is 4.84. The van der Waals surface area contributed by atoms with Gasteiger partial charge in [0.05, 0.1) is 6.61 Å². The van der Waals surface area contributed by atoms with Crippen molar-refractivity contribution in [1.29, 1.82) is 0 Å². The zero-order chi connectivity index (χ0) is 13.6. The number of ether oxygens (including phenoxy) is 1. The molecule has 1 aromatic carbocycles. The Morgan fingerprint density at radius 1 is 1.33 bits per heavy atom. The maximum atomic E-state index is 9.75. The molecule has 0 saturated heterocycles. The van der Waals surface area contributed by atoms with Gasteiger partial charge in [-0.25, -0.2) is 0 Å². The lowest BCUT2D eigenvalue weighted by Gasteiger charge is -2.25. The number of β-amino-alcohol motifs (C(OH)–C–C–N with tert-alkyl or cyclic N) is 1. The summed E-state index contributed by atoms with van der Waals surface area (Å²) in [7, 11) is 0. The number of aliphatic hydroxyl groups excluding tert-OH is 2. The van der Waals surface area contributed by atoms with E-state index in [-0.39, 0.29) is 13.2 Å². The van der Waals surface area contributed by atoms with Gasteiger partial charge in [-0.1, -0.05) is 15.9 Å². The van der Waals surface area contributed by atoms with Crippen molar-refractivity contribution in [1.82, 2.24) is 5.32 Å². The summed E-state index contributed by atoms with van der Waals surface area (Å²) in [5.74, 6) is 0.721. The summed E-state index contributed by atoms with van der Waals surface area (Å²) < 4.78 is 6.44. The first kappa shape index (κ1) is 15.4. The molecule has 0 aliphatic heterocycles. The van der Waals surface area contributed by atoms with Crippen LogP contribution in [0.1, 0.15) is 13.8 Å². The molecule has 3 N–H and O–H groups in total. The quantitative estimate of drug-likeness (QED) is 0.714. The zero-order valence-corrected chi connectivity index (χ0v) is 12.3. The molecule has 4 nitrogen and oxygen atoms in total. The zero-order valence-electron chi connectivity index (χ0n) is 10.7. The van der Waals surface area contributed by atoms with Crippen LogP contribution in [-0.2, 0) is 0 Å². The largest absolute Gasteiger partial charge is 0.491 e.